The van der Waals surface area contributed by atoms with Crippen molar-refractivity contribution >= 4 is 6.08 Å². The second kappa shape index (κ2) is 7.20. The minimum absolute atomic E-state index is 0.220. The van der Waals surface area contributed by atoms with Gasteiger partial charge in [0.2, 0.25) is 0 Å². The maximum atomic E-state index is 8.84. The first kappa shape index (κ1) is 12.9. The topological polar surface area (TPSA) is 40.5 Å². The smallest absolute Gasteiger partial charge is 0.0434 e. The van der Waals surface area contributed by atoms with Crippen molar-refractivity contribution in [3.8, 4) is 0 Å². The van der Waals surface area contributed by atoms with E-state index in [9.17, 15) is 0 Å². The zero-order valence-corrected chi connectivity index (χ0v) is 9.65. The van der Waals surface area contributed by atoms with Gasteiger partial charge < -0.3 is 10.2 Å². The van der Waals surface area contributed by atoms with Crippen LogP contribution in [0.4, 0.5) is 0 Å². The fourth-order valence-electron chi connectivity index (χ4n) is 1.90. The van der Waals surface area contributed by atoms with Gasteiger partial charge in [-0.1, -0.05) is 30.9 Å². The first-order valence-electron chi connectivity index (χ1n) is 5.78. The van der Waals surface area contributed by atoms with Crippen LogP contribution < -0.4 is 0 Å². The molecule has 0 radical (unpaired) electrons. The van der Waals surface area contributed by atoms with Gasteiger partial charge in [-0.2, -0.15) is 0 Å². The molecule has 0 amide bonds. The predicted molar refractivity (Wildman–Crippen MR) is 67.3 cm³/mol. The number of aryl methyl sites for hydroxylation is 2. The third kappa shape index (κ3) is 3.47. The molecule has 0 atom stereocenters. The molecule has 0 heterocycles. The zero-order valence-electron chi connectivity index (χ0n) is 9.65. The molecule has 0 aliphatic heterocycles. The molecule has 0 fully saturated rings. The third-order valence-corrected chi connectivity index (χ3v) is 2.70. The Labute approximate surface area is 97.2 Å². The molecule has 2 heteroatoms. The molecule has 0 saturated carbocycles. The summed E-state index contributed by atoms with van der Waals surface area (Å²) in [6, 6.07) is 6.19. The highest BCUT2D eigenvalue weighted by atomic mass is 16.3. The zero-order chi connectivity index (χ0) is 11.8. The Kier molecular flexibility index (Phi) is 5.83. The first-order chi connectivity index (χ1) is 7.83. The molecule has 2 nitrogen and oxygen atoms in total. The summed E-state index contributed by atoms with van der Waals surface area (Å²) in [6.07, 6.45) is 5.20. The van der Waals surface area contributed by atoms with Crippen molar-refractivity contribution in [2.24, 2.45) is 0 Å². The molecule has 88 valence electrons. The van der Waals surface area contributed by atoms with Crippen LogP contribution in [0.1, 0.15) is 29.5 Å². The summed E-state index contributed by atoms with van der Waals surface area (Å²) >= 11 is 0. The van der Waals surface area contributed by atoms with Crippen molar-refractivity contribution in [2.75, 3.05) is 13.2 Å². The van der Waals surface area contributed by atoms with Crippen molar-refractivity contribution in [2.45, 2.75) is 25.7 Å². The molecule has 0 aliphatic carbocycles. The Morgan fingerprint density at radius 2 is 1.50 bits per heavy atom. The van der Waals surface area contributed by atoms with Crippen LogP contribution >= 0.6 is 0 Å². The van der Waals surface area contributed by atoms with E-state index in [1.54, 1.807) is 0 Å². The predicted octanol–water partition coefficient (Wildman–Crippen LogP) is 2.18. The van der Waals surface area contributed by atoms with Crippen LogP contribution in [0.15, 0.2) is 24.8 Å². The molecule has 0 bridgehead atoms. The Hall–Kier alpha value is -1.12. The minimum atomic E-state index is 0.220. The summed E-state index contributed by atoms with van der Waals surface area (Å²) in [5.74, 6) is 0. The van der Waals surface area contributed by atoms with E-state index in [2.05, 4.69) is 18.7 Å². The van der Waals surface area contributed by atoms with Gasteiger partial charge in [-0.3, -0.25) is 0 Å². The number of hydrogen-bond acceptors (Lipinski definition) is 2. The summed E-state index contributed by atoms with van der Waals surface area (Å²) in [7, 11) is 0. The molecule has 1 aromatic carbocycles. The highest BCUT2D eigenvalue weighted by molar-refractivity contribution is 5.56. The second-order valence-corrected chi connectivity index (χ2v) is 3.85. The molecular weight excluding hydrogens is 200 g/mol. The molecule has 16 heavy (non-hydrogen) atoms. The molecule has 0 aliphatic rings. The van der Waals surface area contributed by atoms with Crippen LogP contribution in [0.3, 0.4) is 0 Å². The molecule has 0 saturated heterocycles. The summed E-state index contributed by atoms with van der Waals surface area (Å²) in [4.78, 5) is 0. The SMILES string of the molecule is C=Cc1c(CCCO)cccc1CCCO. The number of benzene rings is 1. The highest BCUT2D eigenvalue weighted by Gasteiger charge is 2.04. The molecule has 1 rings (SSSR count). The standard InChI is InChI=1S/C14H20O2/c1-2-14-12(8-4-10-15)6-3-7-13(14)9-5-11-16/h2-3,6-7,15-16H,1,4-5,8-11H2. The number of hydrogen-bond donors (Lipinski definition) is 2. The number of aliphatic hydroxyl groups is 2. The van der Waals surface area contributed by atoms with Crippen molar-refractivity contribution in [1.29, 1.82) is 0 Å². The monoisotopic (exact) mass is 220 g/mol. The fraction of sp³-hybridized carbons (Fsp3) is 0.429. The molecule has 0 unspecified atom stereocenters. The van der Waals surface area contributed by atoms with E-state index in [-0.39, 0.29) is 13.2 Å². The molecule has 0 aromatic heterocycles. The van der Waals surface area contributed by atoms with E-state index in [4.69, 9.17) is 10.2 Å². The Morgan fingerprint density at radius 3 is 1.88 bits per heavy atom. The first-order valence-corrected chi connectivity index (χ1v) is 5.78. The van der Waals surface area contributed by atoms with Gasteiger partial charge in [0.1, 0.15) is 0 Å². The average molecular weight is 220 g/mol. The van der Waals surface area contributed by atoms with Gasteiger partial charge in [-0.15, -0.1) is 0 Å². The van der Waals surface area contributed by atoms with Crippen LogP contribution in [-0.4, -0.2) is 23.4 Å². The van der Waals surface area contributed by atoms with E-state index in [0.29, 0.717) is 0 Å². The highest BCUT2D eigenvalue weighted by Crippen LogP contribution is 2.19. The Morgan fingerprint density at radius 1 is 1.00 bits per heavy atom. The van der Waals surface area contributed by atoms with Gasteiger partial charge >= 0.3 is 0 Å². The number of rotatable bonds is 7. The number of aliphatic hydroxyl groups excluding tert-OH is 2. The largest absolute Gasteiger partial charge is 0.396 e. The van der Waals surface area contributed by atoms with Crippen LogP contribution in [0.25, 0.3) is 6.08 Å². The lowest BCUT2D eigenvalue weighted by Crippen LogP contribution is -1.98. The van der Waals surface area contributed by atoms with E-state index in [0.717, 1.165) is 25.7 Å². The van der Waals surface area contributed by atoms with Gasteiger partial charge in [0.05, 0.1) is 0 Å². The van der Waals surface area contributed by atoms with Crippen LogP contribution in [0.2, 0.25) is 0 Å². The maximum Gasteiger partial charge on any atom is 0.0434 e. The van der Waals surface area contributed by atoms with E-state index in [1.807, 2.05) is 12.1 Å². The Bertz CT molecular complexity index is 305. The van der Waals surface area contributed by atoms with Crippen molar-refractivity contribution in [3.63, 3.8) is 0 Å². The Balaban J connectivity index is 2.86. The summed E-state index contributed by atoms with van der Waals surface area (Å²) in [5, 5.41) is 17.7. The quantitative estimate of drug-likeness (QED) is 0.739. The lowest BCUT2D eigenvalue weighted by Gasteiger charge is -2.11. The van der Waals surface area contributed by atoms with Crippen LogP contribution in [-0.2, 0) is 12.8 Å². The van der Waals surface area contributed by atoms with Gasteiger partial charge in [0.25, 0.3) is 0 Å². The van der Waals surface area contributed by atoms with Crippen molar-refractivity contribution in [1.82, 2.24) is 0 Å². The molecule has 2 N–H and O–H groups in total. The summed E-state index contributed by atoms with van der Waals surface area (Å²) in [5.41, 5.74) is 3.64. The van der Waals surface area contributed by atoms with E-state index < -0.39 is 0 Å². The lowest BCUT2D eigenvalue weighted by atomic mass is 9.95. The molecule has 1 aromatic rings. The summed E-state index contributed by atoms with van der Waals surface area (Å²) in [6.45, 7) is 4.28. The second-order valence-electron chi connectivity index (χ2n) is 3.85. The van der Waals surface area contributed by atoms with Gasteiger partial charge in [-0.05, 0) is 42.4 Å². The maximum absolute atomic E-state index is 8.84. The molecule has 0 spiro atoms. The minimum Gasteiger partial charge on any atom is -0.396 e. The van der Waals surface area contributed by atoms with Crippen molar-refractivity contribution in [3.05, 3.63) is 41.5 Å². The van der Waals surface area contributed by atoms with E-state index in [1.165, 1.54) is 16.7 Å². The van der Waals surface area contributed by atoms with Gasteiger partial charge in [0, 0.05) is 13.2 Å². The van der Waals surface area contributed by atoms with Crippen molar-refractivity contribution < 1.29 is 10.2 Å². The van der Waals surface area contributed by atoms with Crippen LogP contribution in [0, 0.1) is 0 Å². The fourth-order valence-corrected chi connectivity index (χ4v) is 1.90. The molecular formula is C14H20O2. The normalized spacial score (nSPS) is 10.4. The van der Waals surface area contributed by atoms with Gasteiger partial charge in [0.15, 0.2) is 0 Å². The summed E-state index contributed by atoms with van der Waals surface area (Å²) < 4.78 is 0. The van der Waals surface area contributed by atoms with Crippen LogP contribution in [0.5, 0.6) is 0 Å². The van der Waals surface area contributed by atoms with E-state index >= 15 is 0 Å². The lowest BCUT2D eigenvalue weighted by molar-refractivity contribution is 0.288. The van der Waals surface area contributed by atoms with Gasteiger partial charge in [-0.25, -0.2) is 0 Å². The third-order valence-electron chi connectivity index (χ3n) is 2.70. The average Bonchev–Trinajstić information content (AvgIpc) is 2.33.